The first kappa shape index (κ1) is 15.0. The topological polar surface area (TPSA) is 55.1 Å². The fourth-order valence-corrected chi connectivity index (χ4v) is 3.75. The molecule has 3 rings (SSSR count). The number of carbonyl (C=O) groups excluding carboxylic acids is 1. The van der Waals surface area contributed by atoms with E-state index in [0.717, 1.165) is 27.1 Å². The van der Waals surface area contributed by atoms with Crippen LogP contribution < -0.4 is 5.32 Å². The molecule has 4 nitrogen and oxygen atoms in total. The Balaban J connectivity index is 1.60. The first-order chi connectivity index (χ1) is 10.6. The lowest BCUT2D eigenvalue weighted by Crippen LogP contribution is -2.27. The van der Waals surface area contributed by atoms with E-state index in [1.807, 2.05) is 48.9 Å². The molecule has 1 N–H and O–H groups in total. The van der Waals surface area contributed by atoms with E-state index in [-0.39, 0.29) is 18.4 Å². The van der Waals surface area contributed by atoms with Crippen molar-refractivity contribution in [3.63, 3.8) is 0 Å². The van der Waals surface area contributed by atoms with E-state index >= 15 is 0 Å². The predicted octanol–water partition coefficient (Wildman–Crippen LogP) is 4.19. The van der Waals surface area contributed by atoms with Crippen molar-refractivity contribution in [1.82, 2.24) is 10.3 Å². The van der Waals surface area contributed by atoms with Crippen LogP contribution in [-0.2, 0) is 11.2 Å². The zero-order chi connectivity index (χ0) is 15.5. The molecule has 0 aliphatic rings. The van der Waals surface area contributed by atoms with Crippen LogP contribution in [0.3, 0.4) is 0 Å². The average Bonchev–Trinajstić information content (AvgIpc) is 3.17. The van der Waals surface area contributed by atoms with Crippen molar-refractivity contribution < 1.29 is 9.21 Å². The van der Waals surface area contributed by atoms with Crippen LogP contribution in [0.15, 0.2) is 39.4 Å². The highest BCUT2D eigenvalue weighted by Gasteiger charge is 2.14. The van der Waals surface area contributed by atoms with Crippen molar-refractivity contribution in [3.8, 4) is 9.88 Å². The molecule has 0 radical (unpaired) electrons. The van der Waals surface area contributed by atoms with Crippen molar-refractivity contribution in [2.45, 2.75) is 26.3 Å². The lowest BCUT2D eigenvalue weighted by molar-refractivity contribution is -0.121. The number of thiophene rings is 1. The van der Waals surface area contributed by atoms with Gasteiger partial charge in [-0.05, 0) is 37.4 Å². The molecule has 0 saturated heterocycles. The number of amides is 1. The molecule has 0 aliphatic carbocycles. The third kappa shape index (κ3) is 3.45. The quantitative estimate of drug-likeness (QED) is 0.762. The van der Waals surface area contributed by atoms with Crippen LogP contribution in [0.25, 0.3) is 9.88 Å². The van der Waals surface area contributed by atoms with Crippen molar-refractivity contribution in [2.75, 3.05) is 0 Å². The van der Waals surface area contributed by atoms with Crippen molar-refractivity contribution in [2.24, 2.45) is 0 Å². The van der Waals surface area contributed by atoms with Gasteiger partial charge in [0.05, 0.1) is 23.0 Å². The minimum atomic E-state index is -0.142. The minimum Gasteiger partial charge on any atom is -0.464 e. The molecule has 0 fully saturated rings. The maximum atomic E-state index is 12.1. The molecule has 3 heterocycles. The SMILES string of the molecule is Cc1ccc(C(C)NC(=O)Cc2csc(-c3cccs3)n2)o1. The normalized spacial score (nSPS) is 12.3. The van der Waals surface area contributed by atoms with Gasteiger partial charge in [-0.2, -0.15) is 0 Å². The van der Waals surface area contributed by atoms with Gasteiger partial charge in [0.2, 0.25) is 5.91 Å². The molecule has 1 amide bonds. The monoisotopic (exact) mass is 332 g/mol. The summed E-state index contributed by atoms with van der Waals surface area (Å²) in [5, 5.41) is 7.87. The van der Waals surface area contributed by atoms with Crippen LogP contribution in [0.4, 0.5) is 0 Å². The Morgan fingerprint density at radius 3 is 2.91 bits per heavy atom. The highest BCUT2D eigenvalue weighted by molar-refractivity contribution is 7.20. The Bertz CT molecular complexity index is 759. The van der Waals surface area contributed by atoms with Gasteiger partial charge < -0.3 is 9.73 Å². The summed E-state index contributed by atoms with van der Waals surface area (Å²) in [5.41, 5.74) is 0.800. The number of hydrogen-bond donors (Lipinski definition) is 1. The Labute approximate surface area is 136 Å². The molecular formula is C16H16N2O2S2. The number of nitrogens with zero attached hydrogens (tertiary/aromatic N) is 1. The zero-order valence-electron chi connectivity index (χ0n) is 12.3. The summed E-state index contributed by atoms with van der Waals surface area (Å²) in [7, 11) is 0. The summed E-state index contributed by atoms with van der Waals surface area (Å²) >= 11 is 3.22. The smallest absolute Gasteiger partial charge is 0.226 e. The Morgan fingerprint density at radius 1 is 1.36 bits per heavy atom. The van der Waals surface area contributed by atoms with Gasteiger partial charge in [-0.25, -0.2) is 4.98 Å². The molecule has 6 heteroatoms. The first-order valence-electron chi connectivity index (χ1n) is 6.96. The van der Waals surface area contributed by atoms with E-state index in [0.29, 0.717) is 0 Å². The molecule has 0 saturated carbocycles. The number of rotatable bonds is 5. The molecule has 0 spiro atoms. The number of nitrogens with one attached hydrogen (secondary N) is 1. The van der Waals surface area contributed by atoms with Gasteiger partial charge in [0, 0.05) is 5.38 Å². The van der Waals surface area contributed by atoms with Gasteiger partial charge >= 0.3 is 0 Å². The largest absolute Gasteiger partial charge is 0.464 e. The van der Waals surface area contributed by atoms with Gasteiger partial charge in [-0.15, -0.1) is 22.7 Å². The number of aromatic nitrogens is 1. The highest BCUT2D eigenvalue weighted by atomic mass is 32.1. The summed E-state index contributed by atoms with van der Waals surface area (Å²) in [6.07, 6.45) is 0.284. The van der Waals surface area contributed by atoms with Crippen LogP contribution in [-0.4, -0.2) is 10.9 Å². The van der Waals surface area contributed by atoms with E-state index < -0.39 is 0 Å². The summed E-state index contributed by atoms with van der Waals surface area (Å²) in [6, 6.07) is 7.68. The third-order valence-electron chi connectivity index (χ3n) is 3.19. The van der Waals surface area contributed by atoms with Crippen molar-refractivity contribution in [1.29, 1.82) is 0 Å². The minimum absolute atomic E-state index is 0.0513. The number of aryl methyl sites for hydroxylation is 1. The van der Waals surface area contributed by atoms with E-state index in [9.17, 15) is 4.79 Å². The lowest BCUT2D eigenvalue weighted by atomic mass is 10.2. The van der Waals surface area contributed by atoms with Gasteiger partial charge in [0.25, 0.3) is 0 Å². The Hall–Kier alpha value is -1.92. The van der Waals surface area contributed by atoms with Crippen LogP contribution in [0.1, 0.15) is 30.2 Å². The fraction of sp³-hybridized carbons (Fsp3) is 0.250. The van der Waals surface area contributed by atoms with E-state index in [4.69, 9.17) is 4.42 Å². The maximum absolute atomic E-state index is 12.1. The van der Waals surface area contributed by atoms with Gasteiger partial charge in [0.1, 0.15) is 16.5 Å². The number of furan rings is 1. The Kier molecular flexibility index (Phi) is 4.40. The molecule has 3 aromatic rings. The molecule has 0 aromatic carbocycles. The second-order valence-corrected chi connectivity index (χ2v) is 6.84. The summed E-state index contributed by atoms with van der Waals surface area (Å²) in [6.45, 7) is 3.80. The van der Waals surface area contributed by atoms with Gasteiger partial charge in [-0.1, -0.05) is 6.07 Å². The molecule has 0 bridgehead atoms. The van der Waals surface area contributed by atoms with E-state index in [1.54, 1.807) is 22.7 Å². The highest BCUT2D eigenvalue weighted by Crippen LogP contribution is 2.28. The number of thiazole rings is 1. The van der Waals surface area contributed by atoms with Gasteiger partial charge in [0.15, 0.2) is 0 Å². The molecule has 1 unspecified atom stereocenters. The fourth-order valence-electron chi connectivity index (χ4n) is 2.12. The first-order valence-corrected chi connectivity index (χ1v) is 8.72. The molecule has 1 atom stereocenters. The van der Waals surface area contributed by atoms with Crippen LogP contribution in [0, 0.1) is 6.92 Å². The maximum Gasteiger partial charge on any atom is 0.226 e. The van der Waals surface area contributed by atoms with Crippen LogP contribution in [0.5, 0.6) is 0 Å². The summed E-state index contributed by atoms with van der Waals surface area (Å²) < 4.78 is 5.52. The lowest BCUT2D eigenvalue weighted by Gasteiger charge is -2.10. The number of carbonyl (C=O) groups is 1. The Morgan fingerprint density at radius 2 is 2.23 bits per heavy atom. The molecule has 3 aromatic heterocycles. The summed E-state index contributed by atoms with van der Waals surface area (Å²) in [5.74, 6) is 1.56. The van der Waals surface area contributed by atoms with E-state index in [1.165, 1.54) is 0 Å². The van der Waals surface area contributed by atoms with E-state index in [2.05, 4.69) is 10.3 Å². The standard InChI is InChI=1S/C16H16N2O2S2/c1-10-5-6-13(20-10)11(2)17-15(19)8-12-9-22-16(18-12)14-4-3-7-21-14/h3-7,9,11H,8H2,1-2H3,(H,17,19). The van der Waals surface area contributed by atoms with Gasteiger partial charge in [-0.3, -0.25) is 4.79 Å². The number of hydrogen-bond acceptors (Lipinski definition) is 5. The average molecular weight is 332 g/mol. The second-order valence-electron chi connectivity index (χ2n) is 5.04. The zero-order valence-corrected chi connectivity index (χ0v) is 14.0. The predicted molar refractivity (Wildman–Crippen MR) is 89.1 cm³/mol. The molecule has 0 aliphatic heterocycles. The second kappa shape index (κ2) is 6.46. The van der Waals surface area contributed by atoms with Crippen LogP contribution in [0.2, 0.25) is 0 Å². The third-order valence-corrected chi connectivity index (χ3v) is 5.12. The van der Waals surface area contributed by atoms with Crippen LogP contribution >= 0.6 is 22.7 Å². The van der Waals surface area contributed by atoms with Crippen molar-refractivity contribution >= 4 is 28.6 Å². The molecule has 114 valence electrons. The molecule has 22 heavy (non-hydrogen) atoms. The summed E-state index contributed by atoms with van der Waals surface area (Å²) in [4.78, 5) is 17.8. The molecular weight excluding hydrogens is 316 g/mol. The van der Waals surface area contributed by atoms with Crippen molar-refractivity contribution in [3.05, 3.63) is 52.2 Å².